The highest BCUT2D eigenvalue weighted by atomic mass is 35.5. The molecule has 0 aromatic heterocycles. The smallest absolute Gasteiger partial charge is 0.0543 e. The Kier molecular flexibility index (Phi) is 2.15. The molecule has 1 rings (SSSR count). The van der Waals surface area contributed by atoms with Crippen molar-refractivity contribution in [3.63, 3.8) is 0 Å². The van der Waals surface area contributed by atoms with E-state index in [4.69, 9.17) is 16.7 Å². The van der Waals surface area contributed by atoms with Crippen molar-refractivity contribution >= 4 is 11.6 Å². The van der Waals surface area contributed by atoms with Crippen LogP contribution >= 0.6 is 11.6 Å². The van der Waals surface area contributed by atoms with Crippen molar-refractivity contribution in [2.45, 2.75) is 25.4 Å². The van der Waals surface area contributed by atoms with Crippen molar-refractivity contribution in [3.05, 3.63) is 0 Å². The Morgan fingerprint density at radius 1 is 1.50 bits per heavy atom. The van der Waals surface area contributed by atoms with Crippen LogP contribution in [0.4, 0.5) is 0 Å². The van der Waals surface area contributed by atoms with Gasteiger partial charge in [0.15, 0.2) is 0 Å². The van der Waals surface area contributed by atoms with E-state index in [9.17, 15) is 0 Å². The first-order valence-electron chi connectivity index (χ1n) is 3.07. The van der Waals surface area contributed by atoms with Crippen molar-refractivity contribution in [3.8, 4) is 0 Å². The Bertz CT molecular complexity index is 74.9. The second-order valence-corrected chi connectivity index (χ2v) is 2.80. The van der Waals surface area contributed by atoms with Crippen molar-refractivity contribution in [1.29, 1.82) is 0 Å². The Balaban J connectivity index is 2.22. The summed E-state index contributed by atoms with van der Waals surface area (Å²) in [6.45, 7) is 0. The summed E-state index contributed by atoms with van der Waals surface area (Å²) < 4.78 is 0. The maximum Gasteiger partial charge on any atom is 0.0543 e. The molecule has 1 saturated carbocycles. The normalized spacial score (nSPS) is 38.2. The standard InChI is InChI=1S/C6H11ClO/c7-4-5-1-2-6(8)3-5/h5-6,8H,1-4H2. The second-order valence-electron chi connectivity index (χ2n) is 2.49. The summed E-state index contributed by atoms with van der Waals surface area (Å²) in [6.07, 6.45) is 2.93. The average molecular weight is 135 g/mol. The molecule has 2 heteroatoms. The van der Waals surface area contributed by atoms with Crippen LogP contribution in [-0.4, -0.2) is 17.1 Å². The van der Waals surface area contributed by atoms with Crippen LogP contribution in [0.1, 0.15) is 19.3 Å². The molecule has 1 nitrogen and oxygen atoms in total. The lowest BCUT2D eigenvalue weighted by molar-refractivity contribution is 0.179. The maximum absolute atomic E-state index is 8.97. The van der Waals surface area contributed by atoms with Crippen molar-refractivity contribution in [2.24, 2.45) is 5.92 Å². The van der Waals surface area contributed by atoms with E-state index >= 15 is 0 Å². The van der Waals surface area contributed by atoms with Gasteiger partial charge in [-0.25, -0.2) is 0 Å². The van der Waals surface area contributed by atoms with E-state index < -0.39 is 0 Å². The van der Waals surface area contributed by atoms with Gasteiger partial charge in [-0.2, -0.15) is 0 Å². The van der Waals surface area contributed by atoms with E-state index in [0.29, 0.717) is 5.92 Å². The number of halogens is 1. The van der Waals surface area contributed by atoms with E-state index in [2.05, 4.69) is 0 Å². The first-order valence-corrected chi connectivity index (χ1v) is 3.60. The molecule has 0 saturated heterocycles. The lowest BCUT2D eigenvalue weighted by Crippen LogP contribution is -2.00. The maximum atomic E-state index is 8.97. The average Bonchev–Trinajstić information content (AvgIpc) is 2.14. The fourth-order valence-electron chi connectivity index (χ4n) is 1.19. The molecule has 0 aliphatic heterocycles. The molecule has 1 aliphatic carbocycles. The van der Waals surface area contributed by atoms with E-state index in [0.717, 1.165) is 25.1 Å². The van der Waals surface area contributed by atoms with Crippen LogP contribution in [0.2, 0.25) is 0 Å². The van der Waals surface area contributed by atoms with Crippen molar-refractivity contribution < 1.29 is 5.11 Å². The van der Waals surface area contributed by atoms with Gasteiger partial charge < -0.3 is 5.11 Å². The Labute approximate surface area is 54.7 Å². The zero-order chi connectivity index (χ0) is 5.98. The molecular weight excluding hydrogens is 124 g/mol. The topological polar surface area (TPSA) is 20.2 Å². The zero-order valence-electron chi connectivity index (χ0n) is 4.81. The number of hydrogen-bond acceptors (Lipinski definition) is 1. The molecule has 1 fully saturated rings. The summed E-state index contributed by atoms with van der Waals surface area (Å²) in [5, 5.41) is 8.97. The van der Waals surface area contributed by atoms with Gasteiger partial charge in [-0.05, 0) is 25.2 Å². The van der Waals surface area contributed by atoms with E-state index in [1.807, 2.05) is 0 Å². The molecule has 0 aromatic carbocycles. The largest absolute Gasteiger partial charge is 0.393 e. The summed E-state index contributed by atoms with van der Waals surface area (Å²) in [6, 6.07) is 0. The lowest BCUT2D eigenvalue weighted by atomic mass is 10.1. The van der Waals surface area contributed by atoms with Crippen LogP contribution in [0, 0.1) is 5.92 Å². The van der Waals surface area contributed by atoms with Crippen LogP contribution in [0.15, 0.2) is 0 Å². The van der Waals surface area contributed by atoms with Crippen LogP contribution in [0.5, 0.6) is 0 Å². The highest BCUT2D eigenvalue weighted by molar-refractivity contribution is 6.18. The fraction of sp³-hybridized carbons (Fsp3) is 1.00. The van der Waals surface area contributed by atoms with Gasteiger partial charge in [0.25, 0.3) is 0 Å². The molecule has 0 radical (unpaired) electrons. The second kappa shape index (κ2) is 2.70. The number of aliphatic hydroxyl groups excluding tert-OH is 1. The van der Waals surface area contributed by atoms with Gasteiger partial charge in [0.1, 0.15) is 0 Å². The number of alkyl halides is 1. The van der Waals surface area contributed by atoms with Crippen molar-refractivity contribution in [2.75, 3.05) is 5.88 Å². The van der Waals surface area contributed by atoms with Crippen LogP contribution < -0.4 is 0 Å². The van der Waals surface area contributed by atoms with Gasteiger partial charge >= 0.3 is 0 Å². The third-order valence-electron chi connectivity index (χ3n) is 1.73. The first kappa shape index (κ1) is 6.37. The molecular formula is C6H11ClO. The van der Waals surface area contributed by atoms with Gasteiger partial charge in [0.2, 0.25) is 0 Å². The van der Waals surface area contributed by atoms with E-state index in [-0.39, 0.29) is 6.10 Å². The van der Waals surface area contributed by atoms with Crippen LogP contribution in [0.3, 0.4) is 0 Å². The van der Waals surface area contributed by atoms with Gasteiger partial charge in [-0.15, -0.1) is 11.6 Å². The van der Waals surface area contributed by atoms with Gasteiger partial charge in [0.05, 0.1) is 6.10 Å². The molecule has 0 amide bonds. The summed E-state index contributed by atoms with van der Waals surface area (Å²) >= 11 is 5.56. The third kappa shape index (κ3) is 1.36. The molecule has 0 spiro atoms. The first-order chi connectivity index (χ1) is 3.83. The Hall–Kier alpha value is 0.250. The lowest BCUT2D eigenvalue weighted by Gasteiger charge is -2.00. The van der Waals surface area contributed by atoms with Crippen LogP contribution in [0.25, 0.3) is 0 Å². The predicted octanol–water partition coefficient (Wildman–Crippen LogP) is 1.39. The molecule has 2 atom stereocenters. The molecule has 0 aromatic rings. The number of hydrogen-bond donors (Lipinski definition) is 1. The van der Waals surface area contributed by atoms with Crippen molar-refractivity contribution in [1.82, 2.24) is 0 Å². The summed E-state index contributed by atoms with van der Waals surface area (Å²) in [5.41, 5.74) is 0. The van der Waals surface area contributed by atoms with E-state index in [1.54, 1.807) is 0 Å². The molecule has 2 unspecified atom stereocenters. The highest BCUT2D eigenvalue weighted by Gasteiger charge is 2.21. The number of aliphatic hydroxyl groups is 1. The minimum absolute atomic E-state index is 0.0567. The summed E-state index contributed by atoms with van der Waals surface area (Å²) in [5.74, 6) is 1.31. The molecule has 48 valence electrons. The summed E-state index contributed by atoms with van der Waals surface area (Å²) in [7, 11) is 0. The third-order valence-corrected chi connectivity index (χ3v) is 2.17. The van der Waals surface area contributed by atoms with Gasteiger partial charge in [-0.3, -0.25) is 0 Å². The Morgan fingerprint density at radius 3 is 2.50 bits per heavy atom. The SMILES string of the molecule is OC1CCC(CCl)C1. The quantitative estimate of drug-likeness (QED) is 0.538. The predicted molar refractivity (Wildman–Crippen MR) is 34.1 cm³/mol. The number of rotatable bonds is 1. The highest BCUT2D eigenvalue weighted by Crippen LogP contribution is 2.25. The van der Waals surface area contributed by atoms with Gasteiger partial charge in [0, 0.05) is 5.88 Å². The summed E-state index contributed by atoms with van der Waals surface area (Å²) in [4.78, 5) is 0. The minimum atomic E-state index is -0.0567. The molecule has 0 heterocycles. The molecule has 1 aliphatic rings. The van der Waals surface area contributed by atoms with Gasteiger partial charge in [-0.1, -0.05) is 0 Å². The molecule has 0 bridgehead atoms. The monoisotopic (exact) mass is 134 g/mol. The van der Waals surface area contributed by atoms with E-state index in [1.165, 1.54) is 0 Å². The Morgan fingerprint density at radius 2 is 2.25 bits per heavy atom. The fourth-order valence-corrected chi connectivity index (χ4v) is 1.47. The van der Waals surface area contributed by atoms with Crippen LogP contribution in [-0.2, 0) is 0 Å². The minimum Gasteiger partial charge on any atom is -0.393 e. The molecule has 8 heavy (non-hydrogen) atoms. The molecule has 1 N–H and O–H groups in total. The zero-order valence-corrected chi connectivity index (χ0v) is 5.56.